The summed E-state index contributed by atoms with van der Waals surface area (Å²) in [6.45, 7) is 1.95. The van der Waals surface area contributed by atoms with Gasteiger partial charge in [0.25, 0.3) is 0 Å². The Morgan fingerprint density at radius 2 is 2.00 bits per heavy atom. The lowest BCUT2D eigenvalue weighted by molar-refractivity contribution is -0.123. The zero-order chi connectivity index (χ0) is 17.3. The number of hydrogen-bond acceptors (Lipinski definition) is 3. The molecule has 3 N–H and O–H groups in total. The highest BCUT2D eigenvalue weighted by molar-refractivity contribution is 7.89. The molecule has 0 fully saturated rings. The summed E-state index contributed by atoms with van der Waals surface area (Å²) in [5.41, 5.74) is 3.02. The predicted molar refractivity (Wildman–Crippen MR) is 91.9 cm³/mol. The Morgan fingerprint density at radius 1 is 1.25 bits per heavy atom. The van der Waals surface area contributed by atoms with Crippen LogP contribution in [0.15, 0.2) is 53.4 Å². The van der Waals surface area contributed by atoms with Crippen LogP contribution >= 0.6 is 0 Å². The topological polar surface area (TPSA) is 89.3 Å². The van der Waals surface area contributed by atoms with E-state index in [1.807, 2.05) is 31.2 Å². The first-order chi connectivity index (χ1) is 11.4. The number of nitrogens with two attached hydrogens (primary N) is 1. The molecule has 0 saturated carbocycles. The van der Waals surface area contributed by atoms with Gasteiger partial charge in [-0.1, -0.05) is 43.3 Å². The molecule has 5 nitrogen and oxygen atoms in total. The molecule has 0 bridgehead atoms. The van der Waals surface area contributed by atoms with Crippen molar-refractivity contribution in [3.05, 3.63) is 65.2 Å². The lowest BCUT2D eigenvalue weighted by Gasteiger charge is -2.30. The summed E-state index contributed by atoms with van der Waals surface area (Å²) in [6.07, 6.45) is 1.41. The van der Waals surface area contributed by atoms with Gasteiger partial charge in [-0.15, -0.1) is 0 Å². The Hall–Kier alpha value is -2.18. The minimum Gasteiger partial charge on any atom is -0.349 e. The number of amides is 1. The standard InChI is InChI=1S/C18H20N2O3S/c1-2-17(13-7-5-8-14(10-13)24(19,22)23)20-18(21)16-11-12-6-3-4-9-15(12)16/h3-10,16-17H,2,11H2,1H3,(H,20,21)(H2,19,22,23). The molecule has 0 radical (unpaired) electrons. The van der Waals surface area contributed by atoms with Gasteiger partial charge >= 0.3 is 0 Å². The van der Waals surface area contributed by atoms with Gasteiger partial charge < -0.3 is 5.32 Å². The molecule has 1 aliphatic rings. The molecule has 2 unspecified atom stereocenters. The molecule has 2 atom stereocenters. The maximum atomic E-state index is 12.6. The number of nitrogens with one attached hydrogen (secondary N) is 1. The summed E-state index contributed by atoms with van der Waals surface area (Å²) in [5, 5.41) is 8.22. The first-order valence-corrected chi connectivity index (χ1v) is 9.45. The van der Waals surface area contributed by atoms with E-state index in [1.165, 1.54) is 17.7 Å². The van der Waals surface area contributed by atoms with Crippen molar-refractivity contribution in [2.45, 2.75) is 36.6 Å². The number of carbonyl (C=O) groups is 1. The fraction of sp³-hybridized carbons (Fsp3) is 0.278. The van der Waals surface area contributed by atoms with Gasteiger partial charge in [-0.25, -0.2) is 13.6 Å². The van der Waals surface area contributed by atoms with Crippen LogP contribution in [0.1, 0.15) is 42.0 Å². The number of benzene rings is 2. The van der Waals surface area contributed by atoms with E-state index in [0.29, 0.717) is 6.42 Å². The van der Waals surface area contributed by atoms with Gasteiger partial charge in [-0.3, -0.25) is 4.79 Å². The SMILES string of the molecule is CCC(NC(=O)C1Cc2ccccc21)c1cccc(S(N)(=O)=O)c1. The second-order valence-corrected chi connectivity index (χ2v) is 7.60. The second-order valence-electron chi connectivity index (χ2n) is 6.04. The molecule has 1 amide bonds. The van der Waals surface area contributed by atoms with E-state index < -0.39 is 10.0 Å². The third-order valence-corrected chi connectivity index (χ3v) is 5.40. The molecule has 24 heavy (non-hydrogen) atoms. The minimum absolute atomic E-state index is 0.0263. The summed E-state index contributed by atoms with van der Waals surface area (Å²) in [6, 6.07) is 14.1. The molecule has 0 spiro atoms. The number of sulfonamides is 1. The average molecular weight is 344 g/mol. The highest BCUT2D eigenvalue weighted by Crippen LogP contribution is 2.35. The Labute approximate surface area is 141 Å². The fourth-order valence-electron chi connectivity index (χ4n) is 3.09. The lowest BCUT2D eigenvalue weighted by atomic mass is 9.77. The van der Waals surface area contributed by atoms with Gasteiger partial charge in [0, 0.05) is 0 Å². The maximum absolute atomic E-state index is 12.6. The van der Waals surface area contributed by atoms with Crippen molar-refractivity contribution >= 4 is 15.9 Å². The van der Waals surface area contributed by atoms with Crippen LogP contribution in [0.4, 0.5) is 0 Å². The summed E-state index contributed by atoms with van der Waals surface area (Å²) < 4.78 is 23.0. The highest BCUT2D eigenvalue weighted by atomic mass is 32.2. The van der Waals surface area contributed by atoms with Crippen LogP contribution in [0.5, 0.6) is 0 Å². The molecular formula is C18H20N2O3S. The quantitative estimate of drug-likeness (QED) is 0.872. The predicted octanol–water partition coefficient (Wildman–Crippen LogP) is 2.24. The first-order valence-electron chi connectivity index (χ1n) is 7.91. The number of carbonyl (C=O) groups excluding carboxylic acids is 1. The molecular weight excluding hydrogens is 324 g/mol. The van der Waals surface area contributed by atoms with Crippen molar-refractivity contribution in [2.75, 3.05) is 0 Å². The largest absolute Gasteiger partial charge is 0.349 e. The first kappa shape index (κ1) is 16.7. The van der Waals surface area contributed by atoms with Crippen LogP contribution in [-0.4, -0.2) is 14.3 Å². The number of rotatable bonds is 5. The summed E-state index contributed by atoms with van der Waals surface area (Å²) >= 11 is 0. The molecule has 0 aromatic heterocycles. The van der Waals surface area contributed by atoms with Crippen molar-refractivity contribution < 1.29 is 13.2 Å². The summed E-state index contributed by atoms with van der Waals surface area (Å²) in [4.78, 5) is 12.6. The molecule has 2 aromatic rings. The lowest BCUT2D eigenvalue weighted by Crippen LogP contribution is -2.37. The Kier molecular flexibility index (Phi) is 4.43. The second kappa shape index (κ2) is 6.37. The average Bonchev–Trinajstić information content (AvgIpc) is 2.53. The molecule has 126 valence electrons. The van der Waals surface area contributed by atoms with Gasteiger partial charge in [0.05, 0.1) is 16.9 Å². The van der Waals surface area contributed by atoms with E-state index in [2.05, 4.69) is 5.32 Å². The van der Waals surface area contributed by atoms with E-state index in [4.69, 9.17) is 5.14 Å². The highest BCUT2D eigenvalue weighted by Gasteiger charge is 2.32. The van der Waals surface area contributed by atoms with E-state index >= 15 is 0 Å². The van der Waals surface area contributed by atoms with E-state index in [0.717, 1.165) is 17.5 Å². The van der Waals surface area contributed by atoms with Crippen LogP contribution in [0.2, 0.25) is 0 Å². The van der Waals surface area contributed by atoms with Gasteiger partial charge in [0.1, 0.15) is 0 Å². The molecule has 6 heteroatoms. The van der Waals surface area contributed by atoms with Gasteiger partial charge in [-0.2, -0.15) is 0 Å². The Balaban J connectivity index is 1.77. The van der Waals surface area contributed by atoms with Crippen LogP contribution in [0.25, 0.3) is 0 Å². The van der Waals surface area contributed by atoms with Crippen molar-refractivity contribution in [1.82, 2.24) is 5.32 Å². The van der Waals surface area contributed by atoms with Gasteiger partial charge in [-0.05, 0) is 41.7 Å². The Morgan fingerprint density at radius 3 is 2.67 bits per heavy atom. The van der Waals surface area contributed by atoms with Crippen molar-refractivity contribution in [1.29, 1.82) is 0 Å². The monoisotopic (exact) mass is 344 g/mol. The molecule has 0 aliphatic heterocycles. The van der Waals surface area contributed by atoms with Crippen LogP contribution in [-0.2, 0) is 21.2 Å². The number of primary sulfonamides is 1. The third kappa shape index (κ3) is 3.20. The van der Waals surface area contributed by atoms with Crippen molar-refractivity contribution in [2.24, 2.45) is 5.14 Å². The van der Waals surface area contributed by atoms with E-state index in [1.54, 1.807) is 12.1 Å². The van der Waals surface area contributed by atoms with Crippen molar-refractivity contribution in [3.63, 3.8) is 0 Å². The maximum Gasteiger partial charge on any atom is 0.238 e. The number of fused-ring (bicyclic) bond motifs is 1. The Bertz CT molecular complexity index is 877. The van der Waals surface area contributed by atoms with E-state index in [-0.39, 0.29) is 22.8 Å². The molecule has 2 aromatic carbocycles. The summed E-state index contributed by atoms with van der Waals surface area (Å²) in [5.74, 6) is -0.154. The van der Waals surface area contributed by atoms with Crippen LogP contribution in [0, 0.1) is 0 Å². The van der Waals surface area contributed by atoms with E-state index in [9.17, 15) is 13.2 Å². The number of hydrogen-bond donors (Lipinski definition) is 2. The molecule has 0 saturated heterocycles. The summed E-state index contributed by atoms with van der Waals surface area (Å²) in [7, 11) is -3.76. The fourth-order valence-corrected chi connectivity index (χ4v) is 3.66. The molecule has 3 rings (SSSR count). The van der Waals surface area contributed by atoms with Crippen molar-refractivity contribution in [3.8, 4) is 0 Å². The van der Waals surface area contributed by atoms with Gasteiger partial charge in [0.2, 0.25) is 15.9 Å². The molecule has 0 heterocycles. The van der Waals surface area contributed by atoms with Crippen LogP contribution < -0.4 is 10.5 Å². The van der Waals surface area contributed by atoms with Crippen LogP contribution in [0.3, 0.4) is 0 Å². The van der Waals surface area contributed by atoms with Gasteiger partial charge in [0.15, 0.2) is 0 Å². The minimum atomic E-state index is -3.76. The normalized spacial score (nSPS) is 17.5. The zero-order valence-electron chi connectivity index (χ0n) is 13.4. The molecule has 1 aliphatic carbocycles. The smallest absolute Gasteiger partial charge is 0.238 e. The third-order valence-electron chi connectivity index (χ3n) is 4.48. The zero-order valence-corrected chi connectivity index (χ0v) is 14.2.